The predicted octanol–water partition coefficient (Wildman–Crippen LogP) is 2.74. The van der Waals surface area contributed by atoms with Gasteiger partial charge in [-0.05, 0) is 36.1 Å². The standard InChI is InChI=1S/C25H28N4O5/c1-28(20-5-3-2-4-6-20)26-16-18-7-9-19(10-8-18)22-15-23(34-27-22)25(32)29-13-11-21(12-14-29)33-17-24(30)31/h2-10,16,21,23H,11-15,17H2,1H3,(H,30,31)/b26-16+. The SMILES string of the molecule is CN(/N=C/c1ccc(C2=NOC(C(=O)N3CCC(OCC(=O)O)CC3)C2)cc1)c1ccccc1. The molecule has 1 fully saturated rings. The van der Waals surface area contributed by atoms with Gasteiger partial charge < -0.3 is 19.6 Å². The molecule has 4 rings (SSSR count). The van der Waals surface area contributed by atoms with E-state index in [2.05, 4.69) is 10.3 Å². The van der Waals surface area contributed by atoms with Crippen molar-refractivity contribution in [3.63, 3.8) is 0 Å². The fraction of sp³-hybridized carbons (Fsp3) is 0.360. The zero-order valence-corrected chi connectivity index (χ0v) is 19.0. The largest absolute Gasteiger partial charge is 0.480 e. The Balaban J connectivity index is 1.26. The van der Waals surface area contributed by atoms with Gasteiger partial charge >= 0.3 is 5.97 Å². The van der Waals surface area contributed by atoms with E-state index in [1.54, 1.807) is 16.1 Å². The summed E-state index contributed by atoms with van der Waals surface area (Å²) in [4.78, 5) is 30.7. The summed E-state index contributed by atoms with van der Waals surface area (Å²) in [6, 6.07) is 17.7. The Labute approximate surface area is 198 Å². The van der Waals surface area contributed by atoms with E-state index in [0.29, 0.717) is 32.4 Å². The van der Waals surface area contributed by atoms with Crippen LogP contribution in [0.4, 0.5) is 5.69 Å². The van der Waals surface area contributed by atoms with Crippen molar-refractivity contribution in [2.24, 2.45) is 10.3 Å². The number of aliphatic carboxylic acids is 1. The molecule has 0 spiro atoms. The van der Waals surface area contributed by atoms with Crippen molar-refractivity contribution in [3.05, 3.63) is 65.7 Å². The van der Waals surface area contributed by atoms with Crippen molar-refractivity contribution >= 4 is 29.5 Å². The number of rotatable bonds is 8. The Bertz CT molecular complexity index is 1050. The van der Waals surface area contributed by atoms with Gasteiger partial charge in [-0.2, -0.15) is 5.10 Å². The van der Waals surface area contributed by atoms with Crippen molar-refractivity contribution in [3.8, 4) is 0 Å². The number of hydrogen-bond donors (Lipinski definition) is 1. The number of hydrogen-bond acceptors (Lipinski definition) is 7. The highest BCUT2D eigenvalue weighted by molar-refractivity contribution is 6.04. The molecule has 0 aliphatic carbocycles. The minimum Gasteiger partial charge on any atom is -0.480 e. The molecule has 1 amide bonds. The highest BCUT2D eigenvalue weighted by Crippen LogP contribution is 2.22. The Morgan fingerprint density at radius 1 is 1.18 bits per heavy atom. The molecule has 9 nitrogen and oxygen atoms in total. The summed E-state index contributed by atoms with van der Waals surface area (Å²) in [7, 11) is 1.90. The molecule has 2 aromatic rings. The molecule has 2 aromatic carbocycles. The molecule has 9 heteroatoms. The Kier molecular flexibility index (Phi) is 7.54. The third kappa shape index (κ3) is 5.99. The van der Waals surface area contributed by atoms with Crippen LogP contribution in [0.5, 0.6) is 0 Å². The number of amides is 1. The van der Waals surface area contributed by atoms with Crippen molar-refractivity contribution in [1.29, 1.82) is 0 Å². The molecule has 2 heterocycles. The van der Waals surface area contributed by atoms with Gasteiger partial charge in [-0.15, -0.1) is 0 Å². The van der Waals surface area contributed by atoms with Crippen molar-refractivity contribution in [2.75, 3.05) is 31.8 Å². The number of carbonyl (C=O) groups is 2. The van der Waals surface area contributed by atoms with Crippen molar-refractivity contribution in [1.82, 2.24) is 4.90 Å². The summed E-state index contributed by atoms with van der Waals surface area (Å²) in [5.74, 6) is -1.08. The van der Waals surface area contributed by atoms with E-state index >= 15 is 0 Å². The molecule has 178 valence electrons. The van der Waals surface area contributed by atoms with Crippen LogP contribution in [0.15, 0.2) is 64.9 Å². The van der Waals surface area contributed by atoms with Crippen molar-refractivity contribution < 1.29 is 24.3 Å². The molecule has 0 bridgehead atoms. The number of ether oxygens (including phenoxy) is 1. The summed E-state index contributed by atoms with van der Waals surface area (Å²) in [6.07, 6.45) is 2.67. The first-order valence-corrected chi connectivity index (χ1v) is 11.3. The second-order valence-corrected chi connectivity index (χ2v) is 8.29. The Morgan fingerprint density at radius 2 is 1.88 bits per heavy atom. The lowest BCUT2D eigenvalue weighted by Gasteiger charge is -2.32. The molecule has 2 aliphatic heterocycles. The van der Waals surface area contributed by atoms with Crippen LogP contribution in [0.1, 0.15) is 30.4 Å². The summed E-state index contributed by atoms with van der Waals surface area (Å²) in [6.45, 7) is 0.726. The van der Waals surface area contributed by atoms with Crippen LogP contribution in [0.3, 0.4) is 0 Å². The minimum absolute atomic E-state index is 0.0943. The van der Waals surface area contributed by atoms with E-state index in [0.717, 1.165) is 22.5 Å². The van der Waals surface area contributed by atoms with Crippen LogP contribution < -0.4 is 5.01 Å². The second kappa shape index (κ2) is 10.9. The topological polar surface area (TPSA) is 104 Å². The number of para-hydroxylation sites is 1. The van der Waals surface area contributed by atoms with E-state index in [9.17, 15) is 9.59 Å². The van der Waals surface area contributed by atoms with Gasteiger partial charge in [0.2, 0.25) is 6.10 Å². The van der Waals surface area contributed by atoms with Crippen molar-refractivity contribution in [2.45, 2.75) is 31.5 Å². The number of oxime groups is 1. The number of likely N-dealkylation sites (tertiary alicyclic amines) is 1. The molecule has 0 saturated carbocycles. The molecular weight excluding hydrogens is 436 g/mol. The number of carboxylic acids is 1. The molecule has 1 atom stereocenters. The predicted molar refractivity (Wildman–Crippen MR) is 128 cm³/mol. The van der Waals surface area contributed by atoms with Gasteiger partial charge in [0.25, 0.3) is 5.91 Å². The van der Waals surface area contributed by atoms with Crippen LogP contribution >= 0.6 is 0 Å². The van der Waals surface area contributed by atoms with Gasteiger partial charge in [-0.3, -0.25) is 9.80 Å². The fourth-order valence-electron chi connectivity index (χ4n) is 3.94. The summed E-state index contributed by atoms with van der Waals surface area (Å²) >= 11 is 0. The molecule has 1 saturated heterocycles. The monoisotopic (exact) mass is 464 g/mol. The maximum absolute atomic E-state index is 12.8. The number of hydrazone groups is 1. The van der Waals surface area contributed by atoms with E-state index < -0.39 is 12.1 Å². The minimum atomic E-state index is -0.984. The van der Waals surface area contributed by atoms with Crippen LogP contribution in [0.25, 0.3) is 0 Å². The molecule has 0 radical (unpaired) electrons. The number of anilines is 1. The highest BCUT2D eigenvalue weighted by atomic mass is 16.6. The number of benzene rings is 2. The first kappa shape index (κ1) is 23.4. The second-order valence-electron chi connectivity index (χ2n) is 8.29. The maximum atomic E-state index is 12.8. The normalized spacial score (nSPS) is 18.6. The highest BCUT2D eigenvalue weighted by Gasteiger charge is 2.34. The number of carbonyl (C=O) groups excluding carboxylic acids is 1. The first-order valence-electron chi connectivity index (χ1n) is 11.3. The number of nitrogens with zero attached hydrogens (tertiary/aromatic N) is 4. The lowest BCUT2D eigenvalue weighted by Crippen LogP contribution is -2.45. The zero-order chi connectivity index (χ0) is 23.9. The van der Waals surface area contributed by atoms with Crippen LogP contribution in [0.2, 0.25) is 0 Å². The van der Waals surface area contributed by atoms with Gasteiger partial charge in [0.15, 0.2) is 0 Å². The Morgan fingerprint density at radius 3 is 2.56 bits per heavy atom. The summed E-state index contributed by atoms with van der Waals surface area (Å²) in [5, 5.41) is 19.1. The molecule has 0 aromatic heterocycles. The average molecular weight is 465 g/mol. The molecule has 2 aliphatic rings. The summed E-state index contributed by atoms with van der Waals surface area (Å²) < 4.78 is 5.33. The van der Waals surface area contributed by atoms with Crippen LogP contribution in [-0.2, 0) is 19.2 Å². The van der Waals surface area contributed by atoms with Gasteiger partial charge in [0.1, 0.15) is 6.61 Å². The van der Waals surface area contributed by atoms with Crippen LogP contribution in [-0.4, -0.2) is 72.8 Å². The average Bonchev–Trinajstić information content (AvgIpc) is 3.37. The number of piperidine rings is 1. The third-order valence-corrected chi connectivity index (χ3v) is 5.89. The quantitative estimate of drug-likeness (QED) is 0.476. The number of carboxylic acid groups (broad SMARTS) is 1. The summed E-state index contributed by atoms with van der Waals surface area (Å²) in [5.41, 5.74) is 3.60. The molecule has 34 heavy (non-hydrogen) atoms. The van der Waals surface area contributed by atoms with Crippen LogP contribution in [0, 0.1) is 0 Å². The first-order chi connectivity index (χ1) is 16.5. The molecule has 1 N–H and O–H groups in total. The maximum Gasteiger partial charge on any atom is 0.329 e. The van der Waals surface area contributed by atoms with E-state index in [1.165, 1.54) is 0 Å². The lowest BCUT2D eigenvalue weighted by atomic mass is 10.0. The molecule has 1 unspecified atom stereocenters. The molecular formula is C25H28N4O5. The van der Waals surface area contributed by atoms with Gasteiger partial charge in [-0.1, -0.05) is 47.6 Å². The van der Waals surface area contributed by atoms with E-state index in [1.807, 2.05) is 61.6 Å². The van der Waals surface area contributed by atoms with Gasteiger partial charge in [0.05, 0.1) is 23.7 Å². The third-order valence-electron chi connectivity index (χ3n) is 5.89. The van der Waals surface area contributed by atoms with Gasteiger partial charge in [-0.25, -0.2) is 4.79 Å². The lowest BCUT2D eigenvalue weighted by molar-refractivity contribution is -0.149. The van der Waals surface area contributed by atoms with Gasteiger partial charge in [0, 0.05) is 26.6 Å². The zero-order valence-electron chi connectivity index (χ0n) is 19.0. The Hall–Kier alpha value is -3.72. The smallest absolute Gasteiger partial charge is 0.329 e. The van der Waals surface area contributed by atoms with E-state index in [-0.39, 0.29) is 18.6 Å². The fourth-order valence-corrected chi connectivity index (χ4v) is 3.94. The van der Waals surface area contributed by atoms with E-state index in [4.69, 9.17) is 14.7 Å².